The van der Waals surface area contributed by atoms with E-state index in [2.05, 4.69) is 6.07 Å². The molecule has 22 heavy (non-hydrogen) atoms. The first kappa shape index (κ1) is 14.8. The molecule has 2 aromatic rings. The van der Waals surface area contributed by atoms with E-state index >= 15 is 0 Å². The van der Waals surface area contributed by atoms with Gasteiger partial charge in [-0.15, -0.1) is 11.3 Å². The minimum absolute atomic E-state index is 0.785. The Bertz CT molecular complexity index is 751. The number of hydrogen-bond donors (Lipinski definition) is 0. The number of rotatable bonds is 3. The van der Waals surface area contributed by atoms with E-state index in [0.29, 0.717) is 0 Å². The van der Waals surface area contributed by atoms with Crippen LogP contribution in [-0.4, -0.2) is 12.8 Å². The van der Waals surface area contributed by atoms with Crippen molar-refractivity contribution in [3.05, 3.63) is 45.8 Å². The molecule has 0 saturated carbocycles. The Balaban J connectivity index is 1.97. The average Bonchev–Trinajstić information content (AvgIpc) is 2.91. The number of methoxy groups -OCH3 is 1. The predicted molar refractivity (Wildman–Crippen MR) is 90.5 cm³/mol. The highest BCUT2D eigenvalue weighted by Gasteiger charge is 2.20. The maximum absolute atomic E-state index is 9.49. The Morgan fingerprint density at radius 1 is 1.23 bits per heavy atom. The molecule has 1 heterocycles. The fraction of sp³-hybridized carbons (Fsp3) is 0.333. The van der Waals surface area contributed by atoms with Crippen LogP contribution in [0.2, 0.25) is 0 Å². The summed E-state index contributed by atoms with van der Waals surface area (Å²) in [6, 6.07) is 10.2. The average molecular weight is 310 g/mol. The Kier molecular flexibility index (Phi) is 4.26. The Morgan fingerprint density at radius 2 is 1.95 bits per heavy atom. The normalized spacial score (nSPS) is 14.3. The second-order valence-electron chi connectivity index (χ2n) is 5.43. The van der Waals surface area contributed by atoms with Crippen molar-refractivity contribution in [3.8, 4) is 11.8 Å². The number of benzene rings is 1. The van der Waals surface area contributed by atoms with Crippen LogP contribution in [0.3, 0.4) is 0 Å². The quantitative estimate of drug-likeness (QED) is 0.775. The predicted octanol–water partition coefficient (Wildman–Crippen LogP) is 4.65. The molecule has 0 fully saturated rings. The first-order chi connectivity index (χ1) is 10.7. The molecular weight excluding hydrogens is 292 g/mol. The summed E-state index contributed by atoms with van der Waals surface area (Å²) in [5, 5.41) is 10.3. The van der Waals surface area contributed by atoms with Crippen molar-refractivity contribution in [2.24, 2.45) is 4.99 Å². The van der Waals surface area contributed by atoms with Crippen LogP contribution in [0.5, 0.6) is 5.75 Å². The van der Waals surface area contributed by atoms with E-state index in [1.54, 1.807) is 18.4 Å². The highest BCUT2D eigenvalue weighted by Crippen LogP contribution is 2.39. The molecule has 0 spiro atoms. The van der Waals surface area contributed by atoms with Gasteiger partial charge in [0.05, 0.1) is 12.7 Å². The molecule has 0 unspecified atom stereocenters. The molecule has 0 N–H and O–H groups in total. The minimum Gasteiger partial charge on any atom is -0.497 e. The van der Waals surface area contributed by atoms with Crippen LogP contribution < -0.4 is 4.74 Å². The summed E-state index contributed by atoms with van der Waals surface area (Å²) in [7, 11) is 1.66. The summed E-state index contributed by atoms with van der Waals surface area (Å²) in [5.74, 6) is 0.834. The molecule has 3 nitrogen and oxygen atoms in total. The van der Waals surface area contributed by atoms with Gasteiger partial charge >= 0.3 is 0 Å². The van der Waals surface area contributed by atoms with E-state index in [0.717, 1.165) is 40.4 Å². The van der Waals surface area contributed by atoms with Crippen molar-refractivity contribution in [2.45, 2.75) is 32.6 Å². The highest BCUT2D eigenvalue weighted by molar-refractivity contribution is 7.16. The molecule has 4 heteroatoms. The number of nitriles is 1. The van der Waals surface area contributed by atoms with Crippen LogP contribution in [0.15, 0.2) is 29.3 Å². The van der Waals surface area contributed by atoms with Crippen LogP contribution in [-0.2, 0) is 12.8 Å². The maximum atomic E-state index is 9.49. The Morgan fingerprint density at radius 3 is 2.64 bits per heavy atom. The molecule has 0 amide bonds. The van der Waals surface area contributed by atoms with Crippen LogP contribution in [0.1, 0.15) is 41.3 Å². The van der Waals surface area contributed by atoms with Crippen LogP contribution >= 0.6 is 11.3 Å². The summed E-state index contributed by atoms with van der Waals surface area (Å²) in [5.41, 5.74) is 4.00. The van der Waals surface area contributed by atoms with Gasteiger partial charge in [-0.25, -0.2) is 4.99 Å². The molecule has 0 aliphatic heterocycles. The maximum Gasteiger partial charge on any atom is 0.134 e. The smallest absolute Gasteiger partial charge is 0.134 e. The van der Waals surface area contributed by atoms with Gasteiger partial charge in [0.2, 0.25) is 0 Å². The third-order valence-electron chi connectivity index (χ3n) is 4.04. The van der Waals surface area contributed by atoms with Crippen LogP contribution in [0.4, 0.5) is 5.00 Å². The SMILES string of the molecule is COc1ccc(/C(C)=N/c2sc3c(c2C#N)CCCC3)cc1. The highest BCUT2D eigenvalue weighted by atomic mass is 32.1. The topological polar surface area (TPSA) is 45.4 Å². The molecule has 0 bridgehead atoms. The summed E-state index contributed by atoms with van der Waals surface area (Å²) < 4.78 is 5.18. The molecule has 112 valence electrons. The van der Waals surface area contributed by atoms with Gasteiger partial charge in [0.1, 0.15) is 16.8 Å². The molecule has 0 saturated heterocycles. The van der Waals surface area contributed by atoms with E-state index in [1.165, 1.54) is 23.3 Å². The van der Waals surface area contributed by atoms with Crippen molar-refractivity contribution < 1.29 is 4.74 Å². The molecule has 0 atom stereocenters. The lowest BCUT2D eigenvalue weighted by atomic mass is 9.96. The van der Waals surface area contributed by atoms with Gasteiger partial charge in [-0.3, -0.25) is 0 Å². The lowest BCUT2D eigenvalue weighted by Gasteiger charge is -2.09. The van der Waals surface area contributed by atoms with E-state index in [-0.39, 0.29) is 0 Å². The van der Waals surface area contributed by atoms with Crippen molar-refractivity contribution >= 4 is 22.0 Å². The van der Waals surface area contributed by atoms with Crippen molar-refractivity contribution in [3.63, 3.8) is 0 Å². The van der Waals surface area contributed by atoms with Gasteiger partial charge in [0, 0.05) is 10.6 Å². The van der Waals surface area contributed by atoms with E-state index in [1.807, 2.05) is 31.2 Å². The number of aryl methyl sites for hydroxylation is 1. The van der Waals surface area contributed by atoms with Crippen molar-refractivity contribution in [2.75, 3.05) is 7.11 Å². The molecule has 1 aliphatic carbocycles. The van der Waals surface area contributed by atoms with E-state index in [9.17, 15) is 5.26 Å². The zero-order valence-corrected chi connectivity index (χ0v) is 13.7. The number of aliphatic imine (C=N–C) groups is 1. The van der Waals surface area contributed by atoms with Gasteiger partial charge in [-0.2, -0.15) is 5.26 Å². The van der Waals surface area contributed by atoms with Gasteiger partial charge in [-0.05, 0) is 68.0 Å². The first-order valence-electron chi connectivity index (χ1n) is 7.47. The van der Waals surface area contributed by atoms with E-state index in [4.69, 9.17) is 9.73 Å². The zero-order valence-electron chi connectivity index (χ0n) is 12.8. The second kappa shape index (κ2) is 6.33. The summed E-state index contributed by atoms with van der Waals surface area (Å²) in [6.07, 6.45) is 4.51. The van der Waals surface area contributed by atoms with Gasteiger partial charge in [0.15, 0.2) is 0 Å². The Labute approximate surface area is 134 Å². The standard InChI is InChI=1S/C18H18N2OS/c1-12(13-7-9-14(21-2)10-8-13)20-18-16(11-19)15-5-3-4-6-17(15)22-18/h7-10H,3-6H2,1-2H3/b20-12+. The van der Waals surface area contributed by atoms with Gasteiger partial charge in [0.25, 0.3) is 0 Å². The minimum atomic E-state index is 0.785. The fourth-order valence-corrected chi connectivity index (χ4v) is 4.06. The summed E-state index contributed by atoms with van der Waals surface area (Å²) >= 11 is 1.68. The lowest BCUT2D eigenvalue weighted by Crippen LogP contribution is -1.99. The second-order valence-corrected chi connectivity index (χ2v) is 6.51. The first-order valence-corrected chi connectivity index (χ1v) is 8.29. The molecule has 1 aliphatic rings. The fourth-order valence-electron chi connectivity index (χ4n) is 2.79. The summed E-state index contributed by atoms with van der Waals surface area (Å²) in [6.45, 7) is 1.99. The van der Waals surface area contributed by atoms with Gasteiger partial charge in [-0.1, -0.05) is 0 Å². The number of fused-ring (bicyclic) bond motifs is 1. The number of hydrogen-bond acceptors (Lipinski definition) is 4. The monoisotopic (exact) mass is 310 g/mol. The van der Waals surface area contributed by atoms with E-state index < -0.39 is 0 Å². The third-order valence-corrected chi connectivity index (χ3v) is 5.23. The van der Waals surface area contributed by atoms with Crippen LogP contribution in [0, 0.1) is 11.3 Å². The number of nitrogens with zero attached hydrogens (tertiary/aromatic N) is 2. The van der Waals surface area contributed by atoms with Crippen LogP contribution in [0.25, 0.3) is 0 Å². The zero-order chi connectivity index (χ0) is 15.5. The van der Waals surface area contributed by atoms with Crippen molar-refractivity contribution in [1.29, 1.82) is 5.26 Å². The number of thiophene rings is 1. The largest absolute Gasteiger partial charge is 0.497 e. The molecular formula is C18H18N2OS. The van der Waals surface area contributed by atoms with Crippen molar-refractivity contribution in [1.82, 2.24) is 0 Å². The summed E-state index contributed by atoms with van der Waals surface area (Å²) in [4.78, 5) is 6.08. The Hall–Kier alpha value is -2.12. The number of ether oxygens (including phenoxy) is 1. The molecule has 3 rings (SSSR count). The lowest BCUT2D eigenvalue weighted by molar-refractivity contribution is 0.415. The molecule has 0 radical (unpaired) electrons. The third kappa shape index (κ3) is 2.77. The van der Waals surface area contributed by atoms with Gasteiger partial charge < -0.3 is 4.74 Å². The molecule has 1 aromatic carbocycles. The molecule has 1 aromatic heterocycles.